The molecule has 0 aromatic carbocycles. The third-order valence-electron chi connectivity index (χ3n) is 4.40. The Labute approximate surface area is 125 Å². The molecule has 1 heterocycles. The Hall–Kier alpha value is -0.530. The number of hydrogen-bond donors (Lipinski definition) is 1. The summed E-state index contributed by atoms with van der Waals surface area (Å²) in [7, 11) is -4.39. The van der Waals surface area contributed by atoms with Crippen LogP contribution in [-0.2, 0) is 10.0 Å². The van der Waals surface area contributed by atoms with Gasteiger partial charge in [-0.25, -0.2) is 8.42 Å². The van der Waals surface area contributed by atoms with Gasteiger partial charge in [0.1, 0.15) is 0 Å². The summed E-state index contributed by atoms with van der Waals surface area (Å²) in [6.07, 6.45) is 9.25. The van der Waals surface area contributed by atoms with E-state index >= 15 is 0 Å². The Morgan fingerprint density at radius 2 is 1.76 bits per heavy atom. The van der Waals surface area contributed by atoms with Crippen molar-refractivity contribution in [1.82, 2.24) is 9.62 Å². The quantitative estimate of drug-likeness (QED) is 0.763. The molecule has 0 bridgehead atoms. The van der Waals surface area contributed by atoms with Crippen LogP contribution in [0.25, 0.3) is 0 Å². The van der Waals surface area contributed by atoms with E-state index in [0.717, 1.165) is 30.2 Å². The van der Waals surface area contributed by atoms with Gasteiger partial charge in [-0.3, -0.25) is 0 Å². The minimum atomic E-state index is -4.39. The number of sulfonamides is 1. The van der Waals surface area contributed by atoms with Crippen LogP contribution in [0.3, 0.4) is 0 Å². The van der Waals surface area contributed by atoms with E-state index in [1.165, 1.54) is 6.42 Å². The van der Waals surface area contributed by atoms with E-state index in [1.54, 1.807) is 0 Å². The molecule has 122 valence electrons. The molecule has 0 spiro atoms. The van der Waals surface area contributed by atoms with E-state index in [9.17, 15) is 17.2 Å². The molecular formula is C14H24F2N2O2S. The van der Waals surface area contributed by atoms with Crippen molar-refractivity contribution in [3.05, 3.63) is 12.2 Å². The summed E-state index contributed by atoms with van der Waals surface area (Å²) in [6, 6.07) is 0. The Morgan fingerprint density at radius 1 is 1.10 bits per heavy atom. The lowest BCUT2D eigenvalue weighted by Gasteiger charge is -2.31. The van der Waals surface area contributed by atoms with Crippen LogP contribution >= 0.6 is 0 Å². The van der Waals surface area contributed by atoms with Crippen molar-refractivity contribution in [3.8, 4) is 0 Å². The maximum Gasteiger partial charge on any atom is 0.350 e. The molecular weight excluding hydrogens is 298 g/mol. The molecule has 0 amide bonds. The predicted octanol–water partition coefficient (Wildman–Crippen LogP) is 2.20. The first-order valence-electron chi connectivity index (χ1n) is 7.63. The highest BCUT2D eigenvalue weighted by atomic mass is 32.2. The summed E-state index contributed by atoms with van der Waals surface area (Å²) < 4.78 is 48.6. The van der Waals surface area contributed by atoms with Crippen molar-refractivity contribution < 1.29 is 17.2 Å². The van der Waals surface area contributed by atoms with Crippen LogP contribution in [-0.4, -0.2) is 44.7 Å². The second kappa shape index (κ2) is 7.65. The molecule has 0 aromatic heterocycles. The third-order valence-corrected chi connectivity index (χ3v) is 5.94. The lowest BCUT2D eigenvalue weighted by atomic mass is 9.93. The number of alkyl halides is 2. The van der Waals surface area contributed by atoms with E-state index < -0.39 is 15.8 Å². The zero-order valence-electron chi connectivity index (χ0n) is 12.2. The molecule has 2 aliphatic rings. The molecule has 0 aromatic rings. The van der Waals surface area contributed by atoms with Gasteiger partial charge in [0.15, 0.2) is 0 Å². The number of hydrogen-bond acceptors (Lipinski definition) is 3. The maximum atomic E-state index is 12.5. The summed E-state index contributed by atoms with van der Waals surface area (Å²) in [4.78, 5) is 0. The van der Waals surface area contributed by atoms with Crippen molar-refractivity contribution in [3.63, 3.8) is 0 Å². The van der Waals surface area contributed by atoms with Gasteiger partial charge in [0.25, 0.3) is 10.0 Å². The zero-order chi connectivity index (χ0) is 15.3. The standard InChI is InChI=1S/C14H24F2N2O2S/c15-14(16)21(19,20)18-8-6-13(7-9-18)11-17-10-12-4-2-1-3-5-12/h1-2,12-14,17H,3-11H2/t12-/m1/s1. The van der Waals surface area contributed by atoms with Gasteiger partial charge in [0, 0.05) is 13.1 Å². The van der Waals surface area contributed by atoms with E-state index in [-0.39, 0.29) is 13.1 Å². The van der Waals surface area contributed by atoms with Gasteiger partial charge < -0.3 is 5.32 Å². The van der Waals surface area contributed by atoms with Gasteiger partial charge in [0.05, 0.1) is 0 Å². The summed E-state index contributed by atoms with van der Waals surface area (Å²) in [5.41, 5.74) is 0. The average molecular weight is 322 g/mol. The first kappa shape index (κ1) is 16.8. The van der Waals surface area contributed by atoms with Crippen LogP contribution in [0.15, 0.2) is 12.2 Å². The van der Waals surface area contributed by atoms with Gasteiger partial charge in [-0.1, -0.05) is 12.2 Å². The van der Waals surface area contributed by atoms with Crippen LogP contribution in [0.5, 0.6) is 0 Å². The Morgan fingerprint density at radius 3 is 2.33 bits per heavy atom. The van der Waals surface area contributed by atoms with E-state index in [4.69, 9.17) is 0 Å². The number of piperidine rings is 1. The molecule has 0 radical (unpaired) electrons. The van der Waals surface area contributed by atoms with Gasteiger partial charge in [0.2, 0.25) is 0 Å². The van der Waals surface area contributed by atoms with E-state index in [0.29, 0.717) is 24.7 Å². The van der Waals surface area contributed by atoms with Crippen LogP contribution in [0.4, 0.5) is 8.78 Å². The van der Waals surface area contributed by atoms with Gasteiger partial charge in [-0.2, -0.15) is 13.1 Å². The highest BCUT2D eigenvalue weighted by molar-refractivity contribution is 7.89. The fourth-order valence-corrected chi connectivity index (χ4v) is 3.96. The summed E-state index contributed by atoms with van der Waals surface area (Å²) in [6.45, 7) is 2.26. The highest BCUT2D eigenvalue weighted by Gasteiger charge is 2.34. The van der Waals surface area contributed by atoms with Crippen molar-refractivity contribution >= 4 is 10.0 Å². The molecule has 1 saturated heterocycles. The van der Waals surface area contributed by atoms with Crippen LogP contribution in [0.1, 0.15) is 32.1 Å². The van der Waals surface area contributed by atoms with Crippen molar-refractivity contribution in [2.45, 2.75) is 37.9 Å². The predicted molar refractivity (Wildman–Crippen MR) is 78.6 cm³/mol. The van der Waals surface area contributed by atoms with Crippen LogP contribution in [0, 0.1) is 11.8 Å². The smallest absolute Gasteiger partial charge is 0.316 e. The molecule has 1 aliphatic carbocycles. The fourth-order valence-electron chi connectivity index (χ4n) is 3.01. The summed E-state index contributed by atoms with van der Waals surface area (Å²) >= 11 is 0. The number of rotatable bonds is 6. The van der Waals surface area contributed by atoms with Crippen molar-refractivity contribution in [1.29, 1.82) is 0 Å². The molecule has 1 N–H and O–H groups in total. The molecule has 1 fully saturated rings. The molecule has 0 saturated carbocycles. The van der Waals surface area contributed by atoms with Crippen LogP contribution in [0.2, 0.25) is 0 Å². The number of halogens is 2. The number of nitrogens with one attached hydrogen (secondary N) is 1. The molecule has 0 unspecified atom stereocenters. The second-order valence-corrected chi connectivity index (χ2v) is 7.86. The number of allylic oxidation sites excluding steroid dienone is 2. The van der Waals surface area contributed by atoms with Gasteiger partial charge >= 0.3 is 5.76 Å². The minimum Gasteiger partial charge on any atom is -0.316 e. The monoisotopic (exact) mass is 322 g/mol. The fraction of sp³-hybridized carbons (Fsp3) is 0.857. The Kier molecular flexibility index (Phi) is 6.13. The summed E-state index contributed by atoms with van der Waals surface area (Å²) in [5.74, 6) is -2.23. The van der Waals surface area contributed by atoms with Crippen molar-refractivity contribution in [2.24, 2.45) is 11.8 Å². The van der Waals surface area contributed by atoms with E-state index in [1.807, 2.05) is 0 Å². The Bertz CT molecular complexity index is 446. The Balaban J connectivity index is 1.66. The normalized spacial score (nSPS) is 25.6. The minimum absolute atomic E-state index is 0.213. The first-order chi connectivity index (χ1) is 10.00. The molecule has 7 heteroatoms. The van der Waals surface area contributed by atoms with Gasteiger partial charge in [-0.05, 0) is 57.0 Å². The second-order valence-electron chi connectivity index (χ2n) is 5.96. The van der Waals surface area contributed by atoms with Gasteiger partial charge in [-0.15, -0.1) is 0 Å². The zero-order valence-corrected chi connectivity index (χ0v) is 13.0. The van der Waals surface area contributed by atoms with Crippen molar-refractivity contribution in [2.75, 3.05) is 26.2 Å². The lowest BCUT2D eigenvalue weighted by molar-refractivity contribution is 0.202. The molecule has 1 atom stereocenters. The summed E-state index contributed by atoms with van der Waals surface area (Å²) in [5, 5.41) is 3.45. The molecule has 1 aliphatic heterocycles. The van der Waals surface area contributed by atoms with Crippen LogP contribution < -0.4 is 5.32 Å². The lowest BCUT2D eigenvalue weighted by Crippen LogP contribution is -2.43. The topological polar surface area (TPSA) is 49.4 Å². The SMILES string of the molecule is O=S(=O)(C(F)F)N1CCC(CNC[C@@H]2CC=CCC2)CC1. The largest absolute Gasteiger partial charge is 0.350 e. The molecule has 4 nitrogen and oxygen atoms in total. The third kappa shape index (κ3) is 4.72. The average Bonchev–Trinajstić information content (AvgIpc) is 2.49. The highest BCUT2D eigenvalue weighted by Crippen LogP contribution is 2.22. The maximum absolute atomic E-state index is 12.5. The molecule has 21 heavy (non-hydrogen) atoms. The van der Waals surface area contributed by atoms with E-state index in [2.05, 4.69) is 17.5 Å². The number of nitrogens with zero attached hydrogens (tertiary/aromatic N) is 1. The molecule has 2 rings (SSSR count). The first-order valence-corrected chi connectivity index (χ1v) is 9.13.